The lowest BCUT2D eigenvalue weighted by Gasteiger charge is -2.02. The highest BCUT2D eigenvalue weighted by Gasteiger charge is 2.02. The quantitative estimate of drug-likeness (QED) is 0.352. The summed E-state index contributed by atoms with van der Waals surface area (Å²) < 4.78 is 4.72. The number of hydrogen-bond donors (Lipinski definition) is 0. The van der Waals surface area contributed by atoms with Gasteiger partial charge in [0.2, 0.25) is 0 Å². The molecule has 0 saturated heterocycles. The first-order valence-electron chi connectivity index (χ1n) is 3.53. The summed E-state index contributed by atoms with van der Waals surface area (Å²) in [7, 11) is 0. The van der Waals surface area contributed by atoms with Crippen molar-refractivity contribution < 1.29 is 14.3 Å². The number of hydrogen-bond acceptors (Lipinski definition) is 3. The molecule has 0 spiro atoms. The largest absolute Gasteiger partial charge is 0.462 e. The van der Waals surface area contributed by atoms with Gasteiger partial charge in [0.05, 0.1) is 6.61 Å². The monoisotopic (exact) mass is 168 g/mol. The lowest BCUT2D eigenvalue weighted by molar-refractivity contribution is -0.138. The average Bonchev–Trinajstić information content (AvgIpc) is 2.03. The van der Waals surface area contributed by atoms with Crippen LogP contribution in [0.25, 0.3) is 0 Å². The molecule has 0 amide bonds. The van der Waals surface area contributed by atoms with Crippen LogP contribution in [0.4, 0.5) is 0 Å². The van der Waals surface area contributed by atoms with Crippen LogP contribution < -0.4 is 0 Å². The van der Waals surface area contributed by atoms with Crippen molar-refractivity contribution in [2.24, 2.45) is 0 Å². The first-order valence-corrected chi connectivity index (χ1v) is 3.53. The molecular formula is C9H12O3. The molecule has 66 valence electrons. The Hall–Kier alpha value is -1.38. The van der Waals surface area contributed by atoms with E-state index in [4.69, 9.17) is 4.74 Å². The Morgan fingerprint density at radius 2 is 2.08 bits per heavy atom. The Bertz CT molecular complexity index is 216. The summed E-state index contributed by atoms with van der Waals surface area (Å²) in [6.07, 6.45) is 1.02. The lowest BCUT2D eigenvalue weighted by atomic mass is 10.2. The molecule has 0 aliphatic rings. The van der Waals surface area contributed by atoms with Gasteiger partial charge in [0.1, 0.15) is 6.29 Å². The van der Waals surface area contributed by atoms with Crippen LogP contribution in [0.1, 0.15) is 13.3 Å². The summed E-state index contributed by atoms with van der Waals surface area (Å²) in [5.74, 6) is -0.436. The molecule has 0 N–H and O–H groups in total. The number of esters is 1. The standard InChI is InChI=1S/C9H12O3/c1-7(2)9(11)12-5-4-8(3)6-10/h6H,1,3-5H2,2H3. The Balaban J connectivity index is 3.57. The van der Waals surface area contributed by atoms with E-state index in [-0.39, 0.29) is 6.61 Å². The zero-order chi connectivity index (χ0) is 9.56. The van der Waals surface area contributed by atoms with Crippen LogP contribution in [0.2, 0.25) is 0 Å². The molecule has 0 aromatic rings. The number of carbonyl (C=O) groups excluding carboxylic acids is 2. The van der Waals surface area contributed by atoms with Crippen LogP contribution in [0.15, 0.2) is 24.3 Å². The summed E-state index contributed by atoms with van der Waals surface area (Å²) in [5.41, 5.74) is 0.774. The predicted molar refractivity (Wildman–Crippen MR) is 45.6 cm³/mol. The van der Waals surface area contributed by atoms with Crippen LogP contribution in [-0.4, -0.2) is 18.9 Å². The van der Waals surface area contributed by atoms with Gasteiger partial charge in [0, 0.05) is 12.0 Å². The number of aldehydes is 1. The topological polar surface area (TPSA) is 43.4 Å². The van der Waals surface area contributed by atoms with Gasteiger partial charge in [0.15, 0.2) is 0 Å². The molecule has 0 radical (unpaired) electrons. The fourth-order valence-corrected chi connectivity index (χ4v) is 0.457. The molecule has 0 unspecified atom stereocenters. The van der Waals surface area contributed by atoms with Gasteiger partial charge < -0.3 is 4.74 Å². The second kappa shape index (κ2) is 5.29. The maximum absolute atomic E-state index is 10.8. The van der Waals surface area contributed by atoms with Gasteiger partial charge in [-0.1, -0.05) is 13.2 Å². The number of rotatable bonds is 5. The van der Waals surface area contributed by atoms with Crippen molar-refractivity contribution in [2.75, 3.05) is 6.61 Å². The van der Waals surface area contributed by atoms with Crippen molar-refractivity contribution in [3.63, 3.8) is 0 Å². The van der Waals surface area contributed by atoms with Crippen LogP contribution in [0.3, 0.4) is 0 Å². The molecule has 0 rings (SSSR count). The molecule has 0 aliphatic carbocycles. The summed E-state index contributed by atoms with van der Waals surface area (Å²) in [5, 5.41) is 0. The van der Waals surface area contributed by atoms with Gasteiger partial charge in [-0.3, -0.25) is 4.79 Å². The summed E-state index contributed by atoms with van der Waals surface area (Å²) >= 11 is 0. The van der Waals surface area contributed by atoms with Gasteiger partial charge in [-0.2, -0.15) is 0 Å². The second-order valence-electron chi connectivity index (χ2n) is 2.44. The molecule has 0 atom stereocenters. The number of carbonyl (C=O) groups is 2. The van der Waals surface area contributed by atoms with E-state index in [2.05, 4.69) is 13.2 Å². The van der Waals surface area contributed by atoms with E-state index in [1.165, 1.54) is 0 Å². The molecule has 3 heteroatoms. The van der Waals surface area contributed by atoms with Gasteiger partial charge in [0.25, 0.3) is 0 Å². The van der Waals surface area contributed by atoms with E-state index in [0.717, 1.165) is 0 Å². The molecule has 0 fully saturated rings. The van der Waals surface area contributed by atoms with Crippen molar-refractivity contribution in [1.29, 1.82) is 0 Å². The predicted octanol–water partition coefficient (Wildman–Crippen LogP) is 1.25. The molecule has 0 aromatic heterocycles. The molecule has 0 saturated carbocycles. The third kappa shape index (κ3) is 4.44. The van der Waals surface area contributed by atoms with E-state index in [9.17, 15) is 9.59 Å². The second-order valence-corrected chi connectivity index (χ2v) is 2.44. The van der Waals surface area contributed by atoms with Gasteiger partial charge in [-0.05, 0) is 12.5 Å². The van der Waals surface area contributed by atoms with E-state index in [1.54, 1.807) is 6.92 Å². The van der Waals surface area contributed by atoms with E-state index >= 15 is 0 Å². The molecule has 0 aromatic carbocycles. The Kier molecular flexibility index (Phi) is 4.69. The highest BCUT2D eigenvalue weighted by atomic mass is 16.5. The third-order valence-corrected chi connectivity index (χ3v) is 1.17. The fourth-order valence-electron chi connectivity index (χ4n) is 0.457. The number of ether oxygens (including phenoxy) is 1. The minimum absolute atomic E-state index is 0.184. The van der Waals surface area contributed by atoms with Crippen molar-refractivity contribution in [1.82, 2.24) is 0 Å². The van der Waals surface area contributed by atoms with E-state index in [1.807, 2.05) is 0 Å². The van der Waals surface area contributed by atoms with Crippen LogP contribution in [0.5, 0.6) is 0 Å². The minimum atomic E-state index is -0.436. The Labute approximate surface area is 71.7 Å². The molecule has 12 heavy (non-hydrogen) atoms. The smallest absolute Gasteiger partial charge is 0.333 e. The summed E-state index contributed by atoms with van der Waals surface area (Å²) in [6.45, 7) is 8.59. The summed E-state index contributed by atoms with van der Waals surface area (Å²) in [6, 6.07) is 0. The third-order valence-electron chi connectivity index (χ3n) is 1.17. The zero-order valence-corrected chi connectivity index (χ0v) is 7.13. The molecular weight excluding hydrogens is 156 g/mol. The van der Waals surface area contributed by atoms with Crippen molar-refractivity contribution in [3.05, 3.63) is 24.3 Å². The fraction of sp³-hybridized carbons (Fsp3) is 0.333. The molecule has 0 bridgehead atoms. The highest BCUT2D eigenvalue weighted by molar-refractivity contribution is 5.86. The van der Waals surface area contributed by atoms with Crippen molar-refractivity contribution in [2.45, 2.75) is 13.3 Å². The van der Waals surface area contributed by atoms with Gasteiger partial charge in [-0.15, -0.1) is 0 Å². The SMILES string of the molecule is C=C(C=O)CCOC(=O)C(=C)C. The normalized spacial score (nSPS) is 8.75. The maximum Gasteiger partial charge on any atom is 0.333 e. The van der Waals surface area contributed by atoms with E-state index < -0.39 is 5.97 Å². The maximum atomic E-state index is 10.8. The first-order chi connectivity index (χ1) is 5.57. The minimum Gasteiger partial charge on any atom is -0.462 e. The van der Waals surface area contributed by atoms with Crippen LogP contribution >= 0.6 is 0 Å². The van der Waals surface area contributed by atoms with Crippen molar-refractivity contribution >= 4 is 12.3 Å². The van der Waals surface area contributed by atoms with Gasteiger partial charge in [-0.25, -0.2) is 4.79 Å². The van der Waals surface area contributed by atoms with Crippen LogP contribution in [0, 0.1) is 0 Å². The molecule has 0 aliphatic heterocycles. The van der Waals surface area contributed by atoms with Crippen LogP contribution in [-0.2, 0) is 14.3 Å². The Morgan fingerprint density at radius 3 is 2.50 bits per heavy atom. The zero-order valence-electron chi connectivity index (χ0n) is 7.13. The summed E-state index contributed by atoms with van der Waals surface area (Å²) in [4.78, 5) is 20.8. The first kappa shape index (κ1) is 10.6. The average molecular weight is 168 g/mol. The molecule has 0 heterocycles. The van der Waals surface area contributed by atoms with Crippen molar-refractivity contribution in [3.8, 4) is 0 Å². The Morgan fingerprint density at radius 1 is 1.50 bits per heavy atom. The molecule has 3 nitrogen and oxygen atoms in total. The van der Waals surface area contributed by atoms with Gasteiger partial charge >= 0.3 is 5.97 Å². The van der Waals surface area contributed by atoms with E-state index in [0.29, 0.717) is 23.9 Å². The lowest BCUT2D eigenvalue weighted by Crippen LogP contribution is -2.06. The highest BCUT2D eigenvalue weighted by Crippen LogP contribution is 1.97.